The molecule has 5 N–H and O–H groups in total. The molecular formula is C22H18ClFN2O7. The van der Waals surface area contributed by atoms with Gasteiger partial charge in [-0.25, -0.2) is 14.0 Å². The van der Waals surface area contributed by atoms with Crippen LogP contribution in [0.5, 0.6) is 11.5 Å². The molecule has 0 saturated carbocycles. The largest absolute Gasteiger partial charge is 0.490 e. The molecular weight excluding hydrogens is 459 g/mol. The summed E-state index contributed by atoms with van der Waals surface area (Å²) in [6.07, 6.45) is 0. The number of anilines is 1. The van der Waals surface area contributed by atoms with Crippen LogP contribution in [-0.2, 0) is 6.61 Å². The SMILES string of the molecule is CCOc1cc(-c2c(C(=O)O)c(N)[nH]c(=O)c2C(=O)O)ccc1OCc1c(F)cccc1Cl. The van der Waals surface area contributed by atoms with Crippen molar-refractivity contribution in [3.63, 3.8) is 0 Å². The van der Waals surface area contributed by atoms with Crippen molar-refractivity contribution in [2.45, 2.75) is 13.5 Å². The van der Waals surface area contributed by atoms with Gasteiger partial charge in [-0.05, 0) is 36.8 Å². The molecule has 0 unspecified atom stereocenters. The third kappa shape index (κ3) is 4.75. The van der Waals surface area contributed by atoms with Crippen molar-refractivity contribution in [2.24, 2.45) is 0 Å². The Morgan fingerprint density at radius 3 is 2.39 bits per heavy atom. The van der Waals surface area contributed by atoms with Gasteiger partial charge in [0.25, 0.3) is 5.56 Å². The van der Waals surface area contributed by atoms with Crippen molar-refractivity contribution < 1.29 is 33.7 Å². The fourth-order valence-electron chi connectivity index (χ4n) is 3.21. The van der Waals surface area contributed by atoms with E-state index in [4.69, 9.17) is 26.8 Å². The first kappa shape index (κ1) is 23.6. The second-order valence-electron chi connectivity index (χ2n) is 6.69. The number of nitrogens with one attached hydrogen (secondary N) is 1. The lowest BCUT2D eigenvalue weighted by atomic mass is 9.95. The number of pyridine rings is 1. The maximum Gasteiger partial charge on any atom is 0.342 e. The number of aromatic carboxylic acids is 2. The third-order valence-corrected chi connectivity index (χ3v) is 4.99. The molecule has 0 atom stereocenters. The highest BCUT2D eigenvalue weighted by atomic mass is 35.5. The number of carboxylic acid groups (broad SMARTS) is 2. The van der Waals surface area contributed by atoms with Crippen LogP contribution in [0.2, 0.25) is 5.02 Å². The van der Waals surface area contributed by atoms with Gasteiger partial charge >= 0.3 is 11.9 Å². The maximum absolute atomic E-state index is 14.1. The summed E-state index contributed by atoms with van der Waals surface area (Å²) in [5, 5.41) is 19.3. The van der Waals surface area contributed by atoms with Crippen molar-refractivity contribution >= 4 is 29.4 Å². The second kappa shape index (κ2) is 9.61. The topological polar surface area (TPSA) is 152 Å². The lowest BCUT2D eigenvalue weighted by molar-refractivity contribution is 0.0695. The molecule has 0 radical (unpaired) electrons. The number of carbonyl (C=O) groups is 2. The molecule has 0 bridgehead atoms. The number of aromatic nitrogens is 1. The fraction of sp³-hybridized carbons (Fsp3) is 0.136. The van der Waals surface area contributed by atoms with Gasteiger partial charge in [0.2, 0.25) is 0 Å². The number of ether oxygens (including phenoxy) is 2. The number of carboxylic acids is 2. The van der Waals surface area contributed by atoms with Crippen LogP contribution in [0.3, 0.4) is 0 Å². The Bertz CT molecular complexity index is 1290. The van der Waals surface area contributed by atoms with E-state index in [1.807, 2.05) is 4.98 Å². The van der Waals surface area contributed by atoms with E-state index in [9.17, 15) is 29.0 Å². The molecule has 33 heavy (non-hydrogen) atoms. The Morgan fingerprint density at radius 2 is 1.79 bits per heavy atom. The van der Waals surface area contributed by atoms with Gasteiger partial charge in [0, 0.05) is 11.1 Å². The van der Waals surface area contributed by atoms with Crippen molar-refractivity contribution in [2.75, 3.05) is 12.3 Å². The van der Waals surface area contributed by atoms with Gasteiger partial charge in [0.05, 0.1) is 11.6 Å². The summed E-state index contributed by atoms with van der Waals surface area (Å²) < 4.78 is 25.3. The van der Waals surface area contributed by atoms with Crippen molar-refractivity contribution in [3.05, 3.63) is 74.3 Å². The van der Waals surface area contributed by atoms with Gasteiger partial charge in [0.15, 0.2) is 11.5 Å². The highest BCUT2D eigenvalue weighted by Crippen LogP contribution is 2.37. The number of benzene rings is 2. The quantitative estimate of drug-likeness (QED) is 0.383. The second-order valence-corrected chi connectivity index (χ2v) is 7.09. The zero-order chi connectivity index (χ0) is 24.3. The molecule has 3 rings (SSSR count). The Hall–Kier alpha value is -4.05. The van der Waals surface area contributed by atoms with Crippen LogP contribution < -0.4 is 20.8 Å². The number of hydrogen-bond acceptors (Lipinski definition) is 6. The summed E-state index contributed by atoms with van der Waals surface area (Å²) >= 11 is 6.02. The number of nitrogens with two attached hydrogens (primary N) is 1. The third-order valence-electron chi connectivity index (χ3n) is 4.64. The first-order valence-corrected chi connectivity index (χ1v) is 9.88. The van der Waals surface area contributed by atoms with Crippen LogP contribution in [0.15, 0.2) is 41.2 Å². The van der Waals surface area contributed by atoms with Crippen molar-refractivity contribution in [3.8, 4) is 22.6 Å². The standard InChI is InChI=1S/C22H18ClFN2O7/c1-2-32-15-8-10(6-7-14(15)33-9-11-12(23)4-3-5-13(11)24)16-17(21(28)29)19(25)26-20(27)18(16)22(30)31/h3-8H,2,9H2,1H3,(H,28,29)(H,30,31)(H3,25,26,27). The minimum absolute atomic E-state index is 0.0438. The lowest BCUT2D eigenvalue weighted by Crippen LogP contribution is -2.24. The van der Waals surface area contributed by atoms with Gasteiger partial charge in [-0.1, -0.05) is 23.7 Å². The number of halogens is 2. The molecule has 2 aromatic carbocycles. The predicted octanol–water partition coefficient (Wildman–Crippen LogP) is 3.79. The summed E-state index contributed by atoms with van der Waals surface area (Å²) in [6.45, 7) is 1.62. The lowest BCUT2D eigenvalue weighted by Gasteiger charge is -2.16. The molecule has 9 nitrogen and oxygen atoms in total. The van der Waals surface area contributed by atoms with Crippen LogP contribution in [0, 0.1) is 5.82 Å². The summed E-state index contributed by atoms with van der Waals surface area (Å²) in [4.78, 5) is 37.8. The molecule has 0 saturated heterocycles. The van der Waals surface area contributed by atoms with Crippen LogP contribution in [0.25, 0.3) is 11.1 Å². The molecule has 0 fully saturated rings. The smallest absolute Gasteiger partial charge is 0.342 e. The van der Waals surface area contributed by atoms with Gasteiger partial charge in [-0.2, -0.15) is 0 Å². The van der Waals surface area contributed by atoms with Crippen molar-refractivity contribution in [1.82, 2.24) is 4.98 Å². The number of aromatic amines is 1. The number of nitrogen functional groups attached to an aromatic ring is 1. The molecule has 172 valence electrons. The van der Waals surface area contributed by atoms with Crippen LogP contribution in [-0.4, -0.2) is 33.7 Å². The number of H-pyrrole nitrogens is 1. The highest BCUT2D eigenvalue weighted by Gasteiger charge is 2.27. The summed E-state index contributed by atoms with van der Waals surface area (Å²) in [7, 11) is 0. The minimum atomic E-state index is -1.64. The fourth-order valence-corrected chi connectivity index (χ4v) is 3.42. The summed E-state index contributed by atoms with van der Waals surface area (Å²) in [5.41, 5.74) is 3.00. The van der Waals surface area contributed by atoms with Gasteiger partial charge in [0.1, 0.15) is 29.4 Å². The normalized spacial score (nSPS) is 10.6. The van der Waals surface area contributed by atoms with E-state index in [1.165, 1.54) is 36.4 Å². The van der Waals surface area contributed by atoms with E-state index >= 15 is 0 Å². The van der Waals surface area contributed by atoms with Crippen LogP contribution in [0.4, 0.5) is 10.2 Å². The molecule has 0 spiro atoms. The molecule has 0 aliphatic heterocycles. The molecule has 1 aromatic heterocycles. The summed E-state index contributed by atoms with van der Waals surface area (Å²) in [5.74, 6) is -3.97. The molecule has 3 aromatic rings. The van der Waals surface area contributed by atoms with Gasteiger partial charge < -0.3 is 30.4 Å². The molecule has 1 heterocycles. The molecule has 0 aliphatic carbocycles. The summed E-state index contributed by atoms with van der Waals surface area (Å²) in [6, 6.07) is 8.23. The monoisotopic (exact) mass is 476 g/mol. The number of rotatable bonds is 8. The molecule has 0 aliphatic rings. The van der Waals surface area contributed by atoms with E-state index < -0.39 is 40.3 Å². The van der Waals surface area contributed by atoms with E-state index in [0.717, 1.165) is 0 Å². The first-order chi connectivity index (χ1) is 15.6. The first-order valence-electron chi connectivity index (χ1n) is 9.50. The van der Waals surface area contributed by atoms with E-state index in [2.05, 4.69) is 0 Å². The number of hydrogen-bond donors (Lipinski definition) is 4. The highest BCUT2D eigenvalue weighted by molar-refractivity contribution is 6.31. The average Bonchev–Trinajstić information content (AvgIpc) is 2.73. The van der Waals surface area contributed by atoms with E-state index in [0.29, 0.717) is 0 Å². The zero-order valence-electron chi connectivity index (χ0n) is 17.1. The van der Waals surface area contributed by atoms with Crippen molar-refractivity contribution in [1.29, 1.82) is 0 Å². The zero-order valence-corrected chi connectivity index (χ0v) is 17.9. The van der Waals surface area contributed by atoms with Gasteiger partial charge in [-0.3, -0.25) is 4.79 Å². The van der Waals surface area contributed by atoms with Gasteiger partial charge in [-0.15, -0.1) is 0 Å². The Kier molecular flexibility index (Phi) is 6.88. The Labute approximate surface area is 191 Å². The average molecular weight is 477 g/mol. The predicted molar refractivity (Wildman–Crippen MR) is 118 cm³/mol. The Balaban J connectivity index is 2.13. The van der Waals surface area contributed by atoms with E-state index in [-0.39, 0.29) is 46.4 Å². The minimum Gasteiger partial charge on any atom is -0.490 e. The molecule has 11 heteroatoms. The Morgan fingerprint density at radius 1 is 1.09 bits per heavy atom. The van der Waals surface area contributed by atoms with Crippen LogP contribution in [0.1, 0.15) is 33.2 Å². The molecule has 0 amide bonds. The van der Waals surface area contributed by atoms with Crippen LogP contribution >= 0.6 is 11.6 Å². The van der Waals surface area contributed by atoms with E-state index in [1.54, 1.807) is 6.92 Å². The maximum atomic E-state index is 14.1.